The first-order valence-electron chi connectivity index (χ1n) is 8.36. The highest BCUT2D eigenvalue weighted by atomic mass is 16.5. The van der Waals surface area contributed by atoms with Crippen LogP contribution in [0.2, 0.25) is 0 Å². The number of urea groups is 1. The maximum Gasteiger partial charge on any atom is 0.317 e. The molecule has 0 aromatic rings. The van der Waals surface area contributed by atoms with Gasteiger partial charge in [0.1, 0.15) is 0 Å². The number of rotatable bonds is 6. The summed E-state index contributed by atoms with van der Waals surface area (Å²) in [6.45, 7) is 10.1. The van der Waals surface area contributed by atoms with Crippen molar-refractivity contribution in [3.05, 3.63) is 0 Å². The van der Waals surface area contributed by atoms with Crippen LogP contribution in [0, 0.1) is 0 Å². The molecule has 0 bridgehead atoms. The second-order valence-electron chi connectivity index (χ2n) is 6.86. The zero-order valence-electron chi connectivity index (χ0n) is 14.1. The van der Waals surface area contributed by atoms with E-state index in [1.165, 1.54) is 0 Å². The summed E-state index contributed by atoms with van der Waals surface area (Å²) < 4.78 is 16.9. The molecule has 6 nitrogen and oxygen atoms in total. The minimum atomic E-state index is -0.278. The lowest BCUT2D eigenvalue weighted by molar-refractivity contribution is -0.117. The predicted molar refractivity (Wildman–Crippen MR) is 84.0 cm³/mol. The van der Waals surface area contributed by atoms with Gasteiger partial charge in [-0.05, 0) is 40.0 Å². The second-order valence-corrected chi connectivity index (χ2v) is 6.86. The molecule has 2 saturated heterocycles. The van der Waals surface area contributed by atoms with Crippen LogP contribution in [0.1, 0.15) is 40.0 Å². The predicted octanol–water partition coefficient (Wildman–Crippen LogP) is 1.78. The van der Waals surface area contributed by atoms with E-state index in [4.69, 9.17) is 14.2 Å². The number of carbonyl (C=O) groups is 1. The zero-order chi connectivity index (χ0) is 16.0. The summed E-state index contributed by atoms with van der Waals surface area (Å²) in [6.07, 6.45) is 3.40. The smallest absolute Gasteiger partial charge is 0.317 e. The largest absolute Gasteiger partial charge is 0.379 e. The number of hydrogen-bond donors (Lipinski definition) is 1. The summed E-state index contributed by atoms with van der Waals surface area (Å²) in [5.41, 5.74) is -0.278. The zero-order valence-corrected chi connectivity index (χ0v) is 14.1. The molecule has 2 amide bonds. The molecule has 2 atom stereocenters. The first kappa shape index (κ1) is 17.5. The number of nitrogens with one attached hydrogen (secondary N) is 1. The molecule has 0 saturated carbocycles. The molecule has 128 valence electrons. The molecule has 2 aliphatic heterocycles. The molecule has 2 aliphatic rings. The van der Waals surface area contributed by atoms with Gasteiger partial charge in [0.05, 0.1) is 31.0 Å². The van der Waals surface area contributed by atoms with E-state index in [-0.39, 0.29) is 23.8 Å². The lowest BCUT2D eigenvalue weighted by Crippen LogP contribution is -2.56. The molecule has 22 heavy (non-hydrogen) atoms. The first-order valence-corrected chi connectivity index (χ1v) is 8.36. The van der Waals surface area contributed by atoms with Crippen LogP contribution in [0.15, 0.2) is 0 Å². The summed E-state index contributed by atoms with van der Waals surface area (Å²) >= 11 is 0. The summed E-state index contributed by atoms with van der Waals surface area (Å²) in [5.74, 6) is 0. The third-order valence-electron chi connectivity index (χ3n) is 3.93. The van der Waals surface area contributed by atoms with Crippen molar-refractivity contribution in [2.24, 2.45) is 0 Å². The van der Waals surface area contributed by atoms with Crippen LogP contribution in [0.25, 0.3) is 0 Å². The van der Waals surface area contributed by atoms with Gasteiger partial charge in [0.2, 0.25) is 0 Å². The number of nitrogens with zero attached hydrogens (tertiary/aromatic N) is 1. The summed E-state index contributed by atoms with van der Waals surface area (Å²) in [7, 11) is 0. The Kier molecular flexibility index (Phi) is 6.47. The van der Waals surface area contributed by atoms with Gasteiger partial charge in [0.25, 0.3) is 0 Å². The second kappa shape index (κ2) is 8.13. The SMILES string of the molecule is C[C@@H]1CN(C(=O)NCCCOC[C@@H]2CCCO2)CC(C)(C)O1. The summed E-state index contributed by atoms with van der Waals surface area (Å²) in [5, 5.41) is 2.96. The lowest BCUT2D eigenvalue weighted by Gasteiger charge is -2.41. The van der Waals surface area contributed by atoms with Gasteiger partial charge in [-0.1, -0.05) is 0 Å². The highest BCUT2D eigenvalue weighted by Gasteiger charge is 2.33. The highest BCUT2D eigenvalue weighted by Crippen LogP contribution is 2.20. The molecule has 0 aliphatic carbocycles. The lowest BCUT2D eigenvalue weighted by atomic mass is 10.1. The number of amides is 2. The molecule has 0 aromatic heterocycles. The topological polar surface area (TPSA) is 60.0 Å². The Hall–Kier alpha value is -0.850. The Morgan fingerprint density at radius 3 is 2.95 bits per heavy atom. The van der Waals surface area contributed by atoms with Crippen molar-refractivity contribution in [2.45, 2.75) is 57.8 Å². The highest BCUT2D eigenvalue weighted by molar-refractivity contribution is 5.74. The Bertz CT molecular complexity index is 356. The fourth-order valence-corrected chi connectivity index (χ4v) is 3.08. The van der Waals surface area contributed by atoms with Crippen LogP contribution in [-0.2, 0) is 14.2 Å². The fraction of sp³-hybridized carbons (Fsp3) is 0.938. The number of ether oxygens (including phenoxy) is 3. The van der Waals surface area contributed by atoms with Crippen molar-refractivity contribution in [1.29, 1.82) is 0 Å². The van der Waals surface area contributed by atoms with E-state index in [9.17, 15) is 4.79 Å². The number of carbonyl (C=O) groups excluding carboxylic acids is 1. The van der Waals surface area contributed by atoms with Gasteiger partial charge in [-0.25, -0.2) is 4.79 Å². The van der Waals surface area contributed by atoms with E-state index < -0.39 is 0 Å². The third kappa shape index (κ3) is 5.74. The molecule has 0 spiro atoms. The van der Waals surface area contributed by atoms with Gasteiger partial charge in [0.15, 0.2) is 0 Å². The van der Waals surface area contributed by atoms with Crippen LogP contribution in [0.5, 0.6) is 0 Å². The Morgan fingerprint density at radius 2 is 2.27 bits per heavy atom. The van der Waals surface area contributed by atoms with Gasteiger partial charge in [-0.2, -0.15) is 0 Å². The molecule has 2 fully saturated rings. The van der Waals surface area contributed by atoms with Gasteiger partial charge in [0, 0.05) is 26.3 Å². The molecule has 0 aromatic carbocycles. The summed E-state index contributed by atoms with van der Waals surface area (Å²) in [6, 6.07) is -0.0117. The van der Waals surface area contributed by atoms with E-state index in [0.29, 0.717) is 32.8 Å². The Labute approximate surface area is 133 Å². The van der Waals surface area contributed by atoms with Crippen LogP contribution < -0.4 is 5.32 Å². The monoisotopic (exact) mass is 314 g/mol. The molecule has 1 N–H and O–H groups in total. The van der Waals surface area contributed by atoms with E-state index in [1.807, 2.05) is 25.7 Å². The Morgan fingerprint density at radius 1 is 1.45 bits per heavy atom. The average Bonchev–Trinajstić information content (AvgIpc) is 2.93. The molecule has 0 radical (unpaired) electrons. The van der Waals surface area contributed by atoms with Crippen LogP contribution in [0.3, 0.4) is 0 Å². The third-order valence-corrected chi connectivity index (χ3v) is 3.93. The first-order chi connectivity index (χ1) is 10.5. The molecular formula is C16H30N2O4. The van der Waals surface area contributed by atoms with Crippen LogP contribution >= 0.6 is 0 Å². The maximum absolute atomic E-state index is 12.2. The van der Waals surface area contributed by atoms with Gasteiger partial charge in [-0.15, -0.1) is 0 Å². The van der Waals surface area contributed by atoms with E-state index in [2.05, 4.69) is 5.32 Å². The van der Waals surface area contributed by atoms with Crippen molar-refractivity contribution in [3.63, 3.8) is 0 Å². The molecule has 0 unspecified atom stereocenters. The Balaban J connectivity index is 1.55. The average molecular weight is 314 g/mol. The molecule has 2 rings (SSSR count). The quantitative estimate of drug-likeness (QED) is 0.759. The molecule has 2 heterocycles. The van der Waals surface area contributed by atoms with Gasteiger partial charge >= 0.3 is 6.03 Å². The van der Waals surface area contributed by atoms with E-state index >= 15 is 0 Å². The van der Waals surface area contributed by atoms with Crippen LogP contribution in [0.4, 0.5) is 4.79 Å². The standard InChI is InChI=1S/C16H30N2O4/c1-13-10-18(12-16(2,3)22-13)15(19)17-7-5-8-20-11-14-6-4-9-21-14/h13-14H,4-12H2,1-3H3,(H,17,19)/t13-,14+/m1/s1. The van der Waals surface area contributed by atoms with Crippen molar-refractivity contribution in [2.75, 3.05) is 39.5 Å². The minimum absolute atomic E-state index is 0.0117. The van der Waals surface area contributed by atoms with Crippen molar-refractivity contribution >= 4 is 6.03 Å². The molecular weight excluding hydrogens is 284 g/mol. The van der Waals surface area contributed by atoms with Gasteiger partial charge < -0.3 is 24.4 Å². The molecule has 6 heteroatoms. The van der Waals surface area contributed by atoms with Gasteiger partial charge in [-0.3, -0.25) is 0 Å². The number of hydrogen-bond acceptors (Lipinski definition) is 4. The maximum atomic E-state index is 12.2. The van der Waals surface area contributed by atoms with Crippen molar-refractivity contribution in [1.82, 2.24) is 10.2 Å². The normalized spacial score (nSPS) is 27.9. The van der Waals surface area contributed by atoms with Crippen molar-refractivity contribution < 1.29 is 19.0 Å². The minimum Gasteiger partial charge on any atom is -0.379 e. The van der Waals surface area contributed by atoms with Crippen LogP contribution in [-0.4, -0.2) is 68.2 Å². The van der Waals surface area contributed by atoms with E-state index in [0.717, 1.165) is 25.9 Å². The summed E-state index contributed by atoms with van der Waals surface area (Å²) in [4.78, 5) is 14.0. The van der Waals surface area contributed by atoms with Crippen molar-refractivity contribution in [3.8, 4) is 0 Å². The number of morpholine rings is 1. The van der Waals surface area contributed by atoms with E-state index in [1.54, 1.807) is 0 Å². The fourth-order valence-electron chi connectivity index (χ4n) is 3.08.